The molecule has 10 amide bonds. The van der Waals surface area contributed by atoms with Crippen molar-refractivity contribution in [2.24, 2.45) is 11.8 Å². The van der Waals surface area contributed by atoms with Gasteiger partial charge in [-0.1, -0.05) is 83.7 Å². The molecule has 468 valence electrons. The number of hydrogen-bond donors (Lipinski definition) is 4. The van der Waals surface area contributed by atoms with Crippen LogP contribution in [0, 0.1) is 11.8 Å². The number of nitrogens with one attached hydrogen (secondary N) is 4. The largest absolute Gasteiger partial charge is 0.461 e. The van der Waals surface area contributed by atoms with Crippen LogP contribution in [0.4, 0.5) is 0 Å². The Balaban J connectivity index is 0.0000121. The number of piperidine rings is 2. The van der Waals surface area contributed by atoms with Gasteiger partial charge in [-0.05, 0) is 73.3 Å². The highest BCUT2D eigenvalue weighted by atomic mass is 16.5. The van der Waals surface area contributed by atoms with Gasteiger partial charge < -0.3 is 60.1 Å². The van der Waals surface area contributed by atoms with Crippen LogP contribution in [-0.4, -0.2) is 227 Å². The fraction of sp³-hybridized carbons (Fsp3) is 0.508. The summed E-state index contributed by atoms with van der Waals surface area (Å²) in [6.07, 6.45) is 5.05. The number of nitrogens with zero attached hydrogens (tertiary/aromatic N) is 8. The third-order valence-electron chi connectivity index (χ3n) is 15.7. The van der Waals surface area contributed by atoms with Crippen molar-refractivity contribution in [1.29, 1.82) is 0 Å². The molecule has 0 saturated carbocycles. The molecule has 26 nitrogen and oxygen atoms in total. The molecule has 0 unspecified atom stereocenters. The summed E-state index contributed by atoms with van der Waals surface area (Å²) in [5.74, 6) is -10.6. The van der Waals surface area contributed by atoms with Crippen molar-refractivity contribution in [3.8, 4) is 0 Å². The number of carbonyl (C=O) groups excluding carboxylic acids is 12. The number of cyclic esters (lactones) is 2. The van der Waals surface area contributed by atoms with Crippen LogP contribution >= 0.6 is 0 Å². The Kier molecular flexibility index (Phi) is 23.4. The maximum atomic E-state index is 14.8. The zero-order valence-corrected chi connectivity index (χ0v) is 49.7. The van der Waals surface area contributed by atoms with Crippen molar-refractivity contribution >= 4 is 92.6 Å². The lowest BCUT2D eigenvalue weighted by atomic mass is 10.00. The number of likely N-dealkylation sites (N-methyl/N-ethyl adjacent to an activating group) is 4. The molecule has 3 aliphatic rings. The lowest BCUT2D eigenvalue weighted by Gasteiger charge is -2.37. The molecular formula is C61H80N12O14. The number of carbonyl (C=O) groups is 12. The number of amides is 10. The first-order valence-electron chi connectivity index (χ1n) is 28.8. The molecule has 6 atom stereocenters. The van der Waals surface area contributed by atoms with Gasteiger partial charge in [0.15, 0.2) is 0 Å². The van der Waals surface area contributed by atoms with Crippen LogP contribution in [0.2, 0.25) is 0 Å². The van der Waals surface area contributed by atoms with Gasteiger partial charge in [-0.3, -0.25) is 57.9 Å². The van der Waals surface area contributed by atoms with Gasteiger partial charge in [0.2, 0.25) is 47.3 Å². The van der Waals surface area contributed by atoms with Crippen LogP contribution in [0.5, 0.6) is 0 Å². The van der Waals surface area contributed by atoms with E-state index >= 15 is 0 Å². The van der Waals surface area contributed by atoms with E-state index in [0.717, 1.165) is 19.6 Å². The minimum absolute atomic E-state index is 0. The molecule has 0 bridgehead atoms. The lowest BCUT2D eigenvalue weighted by molar-refractivity contribution is -0.159. The molecule has 4 N–H and O–H groups in total. The summed E-state index contributed by atoms with van der Waals surface area (Å²) in [6, 6.07) is 9.12. The second kappa shape index (κ2) is 30.3. The number of hydrogen-bond acceptors (Lipinski definition) is 16. The normalized spacial score (nSPS) is 23.0. The van der Waals surface area contributed by atoms with Crippen LogP contribution in [-0.2, 0) is 57.4 Å². The van der Waals surface area contributed by atoms with E-state index in [-0.39, 0.29) is 44.7 Å². The zero-order valence-electron chi connectivity index (χ0n) is 49.7. The molecule has 4 aromatic rings. The van der Waals surface area contributed by atoms with E-state index in [0.29, 0.717) is 47.2 Å². The number of fused-ring (bicyclic) bond motifs is 4. The van der Waals surface area contributed by atoms with Crippen LogP contribution in [0.25, 0.3) is 21.5 Å². The fourth-order valence-electron chi connectivity index (χ4n) is 10.9. The molecule has 7 rings (SSSR count). The summed E-state index contributed by atoms with van der Waals surface area (Å²) < 4.78 is 11.6. The van der Waals surface area contributed by atoms with E-state index in [1.54, 1.807) is 88.4 Å². The van der Waals surface area contributed by atoms with E-state index in [1.807, 2.05) is 0 Å². The monoisotopic (exact) mass is 1200 g/mol. The SMILES string of the molecule is C.CC(C)[C@H]1C(=O)OC[C@@H](NC(=O)c2nccc3ccccc23)C(=O)N2CCCC[C@H]2C(=O)NCC(=O)N(C)CC(=O)N(C)[C@@H](C(C)C)C(=O)OC[C@@H](NC(=O)c2nccc3ccccc23)C(=O)N2CCCC[C@H]2C(=O)NCC(=O)N(C)CC(=O)N1C. The third-order valence-corrected chi connectivity index (χ3v) is 15.7. The minimum atomic E-state index is -1.61. The van der Waals surface area contributed by atoms with Crippen molar-refractivity contribution in [2.45, 2.75) is 110 Å². The van der Waals surface area contributed by atoms with Crippen LogP contribution in [0.3, 0.4) is 0 Å². The molecule has 2 aromatic carbocycles. The molecular weight excluding hydrogens is 1120 g/mol. The standard InChI is InChI=1S/C60H76N12O14.CH4/c1-35(2)51-59(83)85-33-41(65-55(79)49-39-19-11-9-17-37(39)23-25-61-49)57(81)71-27-15-13-21-43(71)53(77)64-30-46(74)68(6)32-48(76)70(8)52(36(3)4)60(84)86-34-42(66-56(80)50-40-20-12-10-18-38(40)24-26-62-50)58(82)72-28-16-14-22-44(72)54(78)63-29-45(73)67(5)31-47(75)69(51)7;/h9-12,17-20,23-26,35-36,41-44,51-52H,13-16,21-22,27-34H2,1-8H3,(H,63,78)(H,64,77)(H,65,79)(H,66,80);1H4/t41-,42-,43+,44+,51+,52+;/m1./s1. The summed E-state index contributed by atoms with van der Waals surface area (Å²) in [5, 5.41) is 12.8. The number of esters is 2. The van der Waals surface area contributed by atoms with Gasteiger partial charge in [-0.25, -0.2) is 9.59 Å². The summed E-state index contributed by atoms with van der Waals surface area (Å²) >= 11 is 0. The first kappa shape index (κ1) is 67.0. The van der Waals surface area contributed by atoms with Gasteiger partial charge in [-0.15, -0.1) is 0 Å². The molecule has 0 spiro atoms. The first-order chi connectivity index (χ1) is 41.0. The van der Waals surface area contributed by atoms with E-state index in [1.165, 1.54) is 50.4 Å². The van der Waals surface area contributed by atoms with E-state index in [9.17, 15) is 57.5 Å². The maximum absolute atomic E-state index is 14.8. The molecule has 5 heterocycles. The van der Waals surface area contributed by atoms with Crippen LogP contribution in [0.15, 0.2) is 73.1 Å². The fourth-order valence-corrected chi connectivity index (χ4v) is 10.9. The molecule has 87 heavy (non-hydrogen) atoms. The number of benzene rings is 2. The molecule has 3 saturated heterocycles. The number of pyridine rings is 2. The van der Waals surface area contributed by atoms with Gasteiger partial charge in [0.25, 0.3) is 11.8 Å². The molecule has 3 fully saturated rings. The summed E-state index contributed by atoms with van der Waals surface area (Å²) in [7, 11) is 5.30. The predicted octanol–water partition coefficient (Wildman–Crippen LogP) is 1.29. The van der Waals surface area contributed by atoms with Gasteiger partial charge in [0.1, 0.15) is 60.9 Å². The third kappa shape index (κ3) is 16.3. The zero-order chi connectivity index (χ0) is 62.5. The Labute approximate surface area is 505 Å². The Morgan fingerprint density at radius 1 is 0.529 bits per heavy atom. The van der Waals surface area contributed by atoms with Gasteiger partial charge >= 0.3 is 11.9 Å². The quantitative estimate of drug-likeness (QED) is 0.198. The molecule has 26 heteroatoms. The number of ether oxygens (including phenoxy) is 2. The van der Waals surface area contributed by atoms with Crippen LogP contribution in [0.1, 0.15) is 94.6 Å². The molecule has 0 radical (unpaired) electrons. The highest BCUT2D eigenvalue weighted by molar-refractivity contribution is 6.08. The molecule has 3 aliphatic heterocycles. The van der Waals surface area contributed by atoms with Crippen molar-refractivity contribution < 1.29 is 67.0 Å². The topological polar surface area (TPSA) is 317 Å². The number of aromatic nitrogens is 2. The van der Waals surface area contributed by atoms with E-state index in [4.69, 9.17) is 9.47 Å². The lowest BCUT2D eigenvalue weighted by Crippen LogP contribution is -2.59. The molecule has 2 aromatic heterocycles. The molecule has 0 aliphatic carbocycles. The average Bonchev–Trinajstić information content (AvgIpc) is 1.97. The van der Waals surface area contributed by atoms with Crippen molar-refractivity contribution in [3.05, 3.63) is 84.4 Å². The Morgan fingerprint density at radius 2 is 0.897 bits per heavy atom. The van der Waals surface area contributed by atoms with Gasteiger partial charge in [0.05, 0.1) is 26.2 Å². The van der Waals surface area contributed by atoms with Gasteiger partial charge in [-0.2, -0.15) is 0 Å². The van der Waals surface area contributed by atoms with Crippen molar-refractivity contribution in [2.75, 3.05) is 80.7 Å². The second-order valence-corrected chi connectivity index (χ2v) is 22.5. The highest BCUT2D eigenvalue weighted by Crippen LogP contribution is 2.24. The first-order valence-corrected chi connectivity index (χ1v) is 28.8. The Bertz CT molecular complexity index is 3030. The van der Waals surface area contributed by atoms with Gasteiger partial charge in [0, 0.05) is 64.4 Å². The Morgan fingerprint density at radius 3 is 1.26 bits per heavy atom. The summed E-state index contributed by atoms with van der Waals surface area (Å²) in [6.45, 7) is 2.76. The minimum Gasteiger partial charge on any atom is -0.461 e. The van der Waals surface area contributed by atoms with Crippen molar-refractivity contribution in [1.82, 2.24) is 60.6 Å². The van der Waals surface area contributed by atoms with Crippen molar-refractivity contribution in [3.63, 3.8) is 0 Å². The summed E-state index contributed by atoms with van der Waals surface area (Å²) in [5.41, 5.74) is -0.0782. The predicted molar refractivity (Wildman–Crippen MR) is 317 cm³/mol. The second-order valence-electron chi connectivity index (χ2n) is 22.5. The highest BCUT2D eigenvalue weighted by Gasteiger charge is 2.42. The van der Waals surface area contributed by atoms with E-state index in [2.05, 4.69) is 31.2 Å². The Hall–Kier alpha value is -9.10. The van der Waals surface area contributed by atoms with E-state index < -0.39 is 158 Å². The number of rotatable bonds is 6. The van der Waals surface area contributed by atoms with Crippen LogP contribution < -0.4 is 21.3 Å². The smallest absolute Gasteiger partial charge is 0.329 e. The maximum Gasteiger partial charge on any atom is 0.329 e. The summed E-state index contributed by atoms with van der Waals surface area (Å²) in [4.78, 5) is 185. The average molecular weight is 1210 g/mol.